The number of hydrogen-bond donors (Lipinski definition) is 2. The maximum absolute atomic E-state index is 8.58. The molecule has 0 atom stereocenters. The van der Waals surface area contributed by atoms with Crippen LogP contribution in [-0.2, 0) is 17.6 Å². The molecule has 0 fully saturated rings. The van der Waals surface area contributed by atoms with Gasteiger partial charge >= 0.3 is 0 Å². The molecule has 0 spiro atoms. The third-order valence-electron chi connectivity index (χ3n) is 4.84. The van der Waals surface area contributed by atoms with Gasteiger partial charge in [-0.15, -0.1) is 0 Å². The third-order valence-corrected chi connectivity index (χ3v) is 4.84. The van der Waals surface area contributed by atoms with E-state index in [1.54, 1.807) is 12.4 Å². The lowest BCUT2D eigenvalue weighted by atomic mass is 10.1. The Labute approximate surface area is 162 Å². The smallest absolute Gasteiger partial charge is 0.204 e. The van der Waals surface area contributed by atoms with Gasteiger partial charge in [0.25, 0.3) is 0 Å². The van der Waals surface area contributed by atoms with Crippen LogP contribution in [0.5, 0.6) is 0 Å². The number of hydrogen-bond acceptors (Lipinski definition) is 5. The molecule has 0 saturated carbocycles. The van der Waals surface area contributed by atoms with Crippen LogP contribution in [0.3, 0.4) is 0 Å². The van der Waals surface area contributed by atoms with Crippen molar-refractivity contribution >= 4 is 23.4 Å². The molecule has 1 aromatic carbocycles. The average molecular weight is 372 g/mol. The summed E-state index contributed by atoms with van der Waals surface area (Å²) in [5.74, 6) is 1.25. The molecule has 1 amide bonds. The molecule has 1 aliphatic rings. The topological polar surface area (TPSA) is 113 Å². The number of fused-ring (bicyclic) bond motifs is 2. The molecule has 0 unspecified atom stereocenters. The number of primary amides is 1. The first-order valence-electron chi connectivity index (χ1n) is 9.05. The van der Waals surface area contributed by atoms with E-state index in [0.29, 0.717) is 5.82 Å². The molecule has 4 N–H and O–H groups in total. The number of nitrogens with zero attached hydrogens (tertiary/aromatic N) is 4. The number of aryl methyl sites for hydroxylation is 2. The number of nitrogens with two attached hydrogens (primary N) is 2. The summed E-state index contributed by atoms with van der Waals surface area (Å²) in [5.41, 5.74) is 16.7. The lowest BCUT2D eigenvalue weighted by Gasteiger charge is -2.11. The Morgan fingerprint density at radius 1 is 1.00 bits per heavy atom. The van der Waals surface area contributed by atoms with Crippen molar-refractivity contribution in [2.75, 3.05) is 5.73 Å². The predicted molar refractivity (Wildman–Crippen MR) is 109 cm³/mol. The van der Waals surface area contributed by atoms with E-state index < -0.39 is 0 Å². The standard InChI is InChI=1S/C20H17N5.CH3NO/c21-18-16(6-2-10-22-18)19-24-17-7-3-11-23-20(17)25(19)15-9-8-13-4-1-5-14(13)12-15;2-1-3/h2-3,6-12H,1,4-5H2,(H2,21,22);1H,(H2,2,3). The van der Waals surface area contributed by atoms with Crippen molar-refractivity contribution in [3.63, 3.8) is 0 Å². The summed E-state index contributed by atoms with van der Waals surface area (Å²) < 4.78 is 2.08. The van der Waals surface area contributed by atoms with Crippen LogP contribution in [0.15, 0.2) is 54.9 Å². The van der Waals surface area contributed by atoms with Gasteiger partial charge in [0.2, 0.25) is 6.41 Å². The van der Waals surface area contributed by atoms with Gasteiger partial charge in [-0.1, -0.05) is 6.07 Å². The average Bonchev–Trinajstić information content (AvgIpc) is 3.32. The second kappa shape index (κ2) is 7.48. The normalized spacial score (nSPS) is 12.3. The Morgan fingerprint density at radius 3 is 2.57 bits per heavy atom. The zero-order valence-electron chi connectivity index (χ0n) is 15.2. The largest absolute Gasteiger partial charge is 0.383 e. The molecule has 4 aromatic rings. The van der Waals surface area contributed by atoms with Crippen molar-refractivity contribution in [1.29, 1.82) is 0 Å². The second-order valence-electron chi connectivity index (χ2n) is 6.50. The Hall–Kier alpha value is -3.74. The number of anilines is 1. The molecular formula is C21H20N6O. The first kappa shape index (κ1) is 17.7. The summed E-state index contributed by atoms with van der Waals surface area (Å²) >= 11 is 0. The molecule has 0 radical (unpaired) electrons. The van der Waals surface area contributed by atoms with Crippen LogP contribution in [0.2, 0.25) is 0 Å². The number of imidazole rings is 1. The van der Waals surface area contributed by atoms with E-state index in [4.69, 9.17) is 15.5 Å². The van der Waals surface area contributed by atoms with Gasteiger partial charge in [0.15, 0.2) is 11.5 Å². The highest BCUT2D eigenvalue weighted by Crippen LogP contribution is 2.32. The Balaban J connectivity index is 0.000000604. The summed E-state index contributed by atoms with van der Waals surface area (Å²) in [6, 6.07) is 14.3. The van der Waals surface area contributed by atoms with Gasteiger partial charge in [0.1, 0.15) is 11.3 Å². The quantitative estimate of drug-likeness (QED) is 0.525. The van der Waals surface area contributed by atoms with Crippen molar-refractivity contribution < 1.29 is 4.79 Å². The van der Waals surface area contributed by atoms with E-state index >= 15 is 0 Å². The highest BCUT2D eigenvalue weighted by atomic mass is 16.1. The summed E-state index contributed by atoms with van der Waals surface area (Å²) in [5, 5.41) is 0. The molecule has 0 bridgehead atoms. The van der Waals surface area contributed by atoms with Crippen LogP contribution in [0, 0.1) is 0 Å². The van der Waals surface area contributed by atoms with E-state index in [-0.39, 0.29) is 6.41 Å². The van der Waals surface area contributed by atoms with Gasteiger partial charge in [0, 0.05) is 18.1 Å². The zero-order valence-corrected chi connectivity index (χ0v) is 15.2. The molecule has 3 heterocycles. The zero-order chi connectivity index (χ0) is 19.5. The molecule has 0 aliphatic heterocycles. The minimum Gasteiger partial charge on any atom is -0.383 e. The van der Waals surface area contributed by atoms with Crippen molar-refractivity contribution in [3.8, 4) is 17.1 Å². The fraction of sp³-hybridized carbons (Fsp3) is 0.143. The number of carbonyl (C=O) groups excluding carboxylic acids is 1. The number of carbonyl (C=O) groups is 1. The van der Waals surface area contributed by atoms with Gasteiger partial charge < -0.3 is 11.5 Å². The van der Waals surface area contributed by atoms with Crippen LogP contribution in [-0.4, -0.2) is 25.9 Å². The fourth-order valence-corrected chi connectivity index (χ4v) is 3.64. The minimum absolute atomic E-state index is 0.250. The summed E-state index contributed by atoms with van der Waals surface area (Å²) in [6.45, 7) is 0. The molecule has 3 aromatic heterocycles. The molecule has 7 heteroatoms. The van der Waals surface area contributed by atoms with E-state index in [9.17, 15) is 0 Å². The first-order valence-corrected chi connectivity index (χ1v) is 9.05. The molecule has 5 rings (SSSR count). The van der Waals surface area contributed by atoms with Crippen LogP contribution < -0.4 is 11.5 Å². The van der Waals surface area contributed by atoms with Crippen molar-refractivity contribution in [2.45, 2.75) is 19.3 Å². The lowest BCUT2D eigenvalue weighted by molar-refractivity contribution is -0.106. The van der Waals surface area contributed by atoms with Crippen LogP contribution in [0.25, 0.3) is 28.2 Å². The van der Waals surface area contributed by atoms with Gasteiger partial charge in [-0.25, -0.2) is 15.0 Å². The molecular weight excluding hydrogens is 352 g/mol. The number of pyridine rings is 2. The van der Waals surface area contributed by atoms with Gasteiger partial charge in [-0.3, -0.25) is 9.36 Å². The monoisotopic (exact) mass is 372 g/mol. The van der Waals surface area contributed by atoms with E-state index in [2.05, 4.69) is 38.5 Å². The summed E-state index contributed by atoms with van der Waals surface area (Å²) in [6.07, 6.45) is 7.27. The van der Waals surface area contributed by atoms with E-state index in [1.807, 2.05) is 24.3 Å². The number of amides is 1. The lowest BCUT2D eigenvalue weighted by Crippen LogP contribution is -2.02. The van der Waals surface area contributed by atoms with Crippen molar-refractivity contribution in [1.82, 2.24) is 19.5 Å². The van der Waals surface area contributed by atoms with E-state index in [0.717, 1.165) is 34.7 Å². The Morgan fingerprint density at radius 2 is 1.75 bits per heavy atom. The highest BCUT2D eigenvalue weighted by molar-refractivity contribution is 5.82. The van der Waals surface area contributed by atoms with Crippen LogP contribution in [0.1, 0.15) is 17.5 Å². The number of nitrogen functional groups attached to an aromatic ring is 1. The molecule has 7 nitrogen and oxygen atoms in total. The predicted octanol–water partition coefficient (Wildman–Crippen LogP) is 2.65. The van der Waals surface area contributed by atoms with Crippen LogP contribution in [0.4, 0.5) is 5.82 Å². The van der Waals surface area contributed by atoms with Crippen molar-refractivity contribution in [2.24, 2.45) is 5.73 Å². The van der Waals surface area contributed by atoms with Crippen molar-refractivity contribution in [3.05, 3.63) is 66.0 Å². The molecule has 140 valence electrons. The fourth-order valence-electron chi connectivity index (χ4n) is 3.64. The number of aromatic nitrogens is 4. The molecule has 28 heavy (non-hydrogen) atoms. The van der Waals surface area contributed by atoms with Gasteiger partial charge in [-0.2, -0.15) is 0 Å². The highest BCUT2D eigenvalue weighted by Gasteiger charge is 2.19. The number of rotatable bonds is 2. The first-order chi connectivity index (χ1) is 13.7. The maximum Gasteiger partial charge on any atom is 0.204 e. The minimum atomic E-state index is 0.250. The summed E-state index contributed by atoms with van der Waals surface area (Å²) in [7, 11) is 0. The molecule has 1 aliphatic carbocycles. The maximum atomic E-state index is 8.58. The third kappa shape index (κ3) is 3.07. The molecule has 0 saturated heterocycles. The van der Waals surface area contributed by atoms with E-state index in [1.165, 1.54) is 24.0 Å². The summed E-state index contributed by atoms with van der Waals surface area (Å²) in [4.78, 5) is 22.2. The van der Waals surface area contributed by atoms with Crippen LogP contribution >= 0.6 is 0 Å². The van der Waals surface area contributed by atoms with Gasteiger partial charge in [-0.05, 0) is 66.8 Å². The number of benzene rings is 1. The Kier molecular flexibility index (Phi) is 4.72. The second-order valence-corrected chi connectivity index (χ2v) is 6.50. The van der Waals surface area contributed by atoms with Gasteiger partial charge in [0.05, 0.1) is 5.56 Å². The Bertz CT molecular complexity index is 1150. The SMILES string of the molecule is NC=O.Nc1ncccc1-c1nc2cccnc2n1-c1ccc2c(c1)CCC2.